The molecule has 0 unspecified atom stereocenters. The van der Waals surface area contributed by atoms with E-state index in [4.69, 9.17) is 5.26 Å². The minimum absolute atomic E-state index is 0.464. The Labute approximate surface area is 46.5 Å². The summed E-state index contributed by atoms with van der Waals surface area (Å²) in [4.78, 5) is 9.98. The van der Waals surface area contributed by atoms with Crippen molar-refractivity contribution < 1.29 is 9.90 Å². The molecule has 0 N–H and O–H groups in total. The summed E-state index contributed by atoms with van der Waals surface area (Å²) in [6.07, 6.45) is 0.928. The third-order valence-corrected chi connectivity index (χ3v) is 1.35. The molecule has 1 radical (unpaired) electrons. The first-order chi connectivity index (χ1) is 3.71. The van der Waals surface area contributed by atoms with Gasteiger partial charge in [0.1, 0.15) is 0 Å². The van der Waals surface area contributed by atoms with Crippen LogP contribution in [0.25, 0.3) is 0 Å². The Morgan fingerprint density at radius 3 is 2.12 bits per heavy atom. The Bertz CT molecular complexity index is 164. The summed E-state index contributed by atoms with van der Waals surface area (Å²) in [7, 11) is 0. The van der Waals surface area contributed by atoms with Crippen molar-refractivity contribution in [2.45, 2.75) is 12.8 Å². The number of rotatable bonds is 1. The first-order valence-corrected chi connectivity index (χ1v) is 2.34. The highest BCUT2D eigenvalue weighted by atomic mass is 16.4. The summed E-state index contributed by atoms with van der Waals surface area (Å²) >= 11 is 0. The number of carbonyl (C=O) groups is 1. The van der Waals surface area contributed by atoms with Gasteiger partial charge in [-0.3, -0.25) is 0 Å². The lowest BCUT2D eigenvalue weighted by molar-refractivity contribution is -0.147. The van der Waals surface area contributed by atoms with Crippen molar-refractivity contribution in [2.24, 2.45) is 5.41 Å². The van der Waals surface area contributed by atoms with Gasteiger partial charge in [0.2, 0.25) is 0 Å². The molecule has 1 saturated carbocycles. The van der Waals surface area contributed by atoms with Crippen molar-refractivity contribution in [1.82, 2.24) is 0 Å². The second-order valence-electron chi connectivity index (χ2n) is 1.98. The van der Waals surface area contributed by atoms with Crippen molar-refractivity contribution in [3.05, 3.63) is 0 Å². The van der Waals surface area contributed by atoms with Gasteiger partial charge in [-0.25, -0.2) is 9.90 Å². The summed E-state index contributed by atoms with van der Waals surface area (Å²) < 4.78 is 0. The van der Waals surface area contributed by atoms with Crippen LogP contribution >= 0.6 is 0 Å². The second-order valence-corrected chi connectivity index (χ2v) is 1.98. The molecule has 3 heteroatoms. The van der Waals surface area contributed by atoms with Crippen LogP contribution in [-0.2, 0) is 9.90 Å². The third kappa shape index (κ3) is 0.463. The van der Waals surface area contributed by atoms with E-state index >= 15 is 0 Å². The van der Waals surface area contributed by atoms with E-state index in [1.165, 1.54) is 0 Å². The van der Waals surface area contributed by atoms with Crippen molar-refractivity contribution in [3.63, 3.8) is 0 Å². The Balaban J connectivity index is 2.71. The molecule has 3 nitrogen and oxygen atoms in total. The van der Waals surface area contributed by atoms with Gasteiger partial charge in [-0.05, 0) is 12.8 Å². The molecule has 0 saturated heterocycles. The van der Waals surface area contributed by atoms with E-state index in [2.05, 4.69) is 0 Å². The molecule has 1 rings (SSSR count). The van der Waals surface area contributed by atoms with E-state index in [9.17, 15) is 9.90 Å². The molecule has 0 aromatic heterocycles. The molecular weight excluding hydrogens is 106 g/mol. The Kier molecular flexibility index (Phi) is 0.779. The number of carbonyl (C=O) groups excluding carboxylic acids is 1. The summed E-state index contributed by atoms with van der Waals surface area (Å²) in [6.45, 7) is 0. The van der Waals surface area contributed by atoms with Gasteiger partial charge >= 0.3 is 5.97 Å². The van der Waals surface area contributed by atoms with Crippen molar-refractivity contribution in [2.75, 3.05) is 0 Å². The molecule has 41 valence electrons. The zero-order valence-electron chi connectivity index (χ0n) is 4.18. The van der Waals surface area contributed by atoms with Gasteiger partial charge in [0.15, 0.2) is 5.41 Å². The molecule has 0 aromatic rings. The molecule has 0 amide bonds. The lowest BCUT2D eigenvalue weighted by Gasteiger charge is -1.87. The van der Waals surface area contributed by atoms with E-state index in [0.29, 0.717) is 12.8 Å². The molecule has 0 heterocycles. The van der Waals surface area contributed by atoms with Gasteiger partial charge in [0, 0.05) is 0 Å². The molecule has 1 fully saturated rings. The van der Waals surface area contributed by atoms with Gasteiger partial charge in [0.25, 0.3) is 0 Å². The van der Waals surface area contributed by atoms with Crippen LogP contribution in [0.4, 0.5) is 0 Å². The number of hydrogen-bond donors (Lipinski definition) is 0. The SMILES string of the molecule is N#CC1(C([O])=O)CC1. The van der Waals surface area contributed by atoms with Gasteiger partial charge in [-0.2, -0.15) is 5.26 Å². The molecule has 0 spiro atoms. The standard InChI is InChI=1S/C5H4NO2/c6-3-5(1-2-5)4(7)8/h1-2H2. The van der Waals surface area contributed by atoms with Crippen LogP contribution in [0.5, 0.6) is 0 Å². The highest BCUT2D eigenvalue weighted by Crippen LogP contribution is 2.44. The Hall–Kier alpha value is -1.04. The maximum Gasteiger partial charge on any atom is 0.375 e. The average molecular weight is 110 g/mol. The molecule has 0 atom stereocenters. The lowest BCUT2D eigenvalue weighted by Crippen LogP contribution is -2.09. The zero-order chi connectivity index (χ0) is 6.20. The lowest BCUT2D eigenvalue weighted by atomic mass is 10.1. The van der Waals surface area contributed by atoms with Crippen LogP contribution in [0.15, 0.2) is 0 Å². The molecule has 8 heavy (non-hydrogen) atoms. The first kappa shape index (κ1) is 5.10. The minimum Gasteiger partial charge on any atom is -0.246 e. The molecule has 1 aliphatic carbocycles. The number of nitrogens with zero attached hydrogens (tertiary/aromatic N) is 1. The highest BCUT2D eigenvalue weighted by molar-refractivity contribution is 5.80. The molecule has 0 bridgehead atoms. The second kappa shape index (κ2) is 1.22. The summed E-state index contributed by atoms with van der Waals surface area (Å²) in [5.41, 5.74) is -1.10. The smallest absolute Gasteiger partial charge is 0.246 e. The quantitative estimate of drug-likeness (QED) is 0.485. The zero-order valence-corrected chi connectivity index (χ0v) is 4.18. The van der Waals surface area contributed by atoms with Gasteiger partial charge in [0.05, 0.1) is 6.07 Å². The maximum atomic E-state index is 9.98. The molecule has 0 aliphatic heterocycles. The van der Waals surface area contributed by atoms with E-state index in [-0.39, 0.29) is 0 Å². The monoisotopic (exact) mass is 110 g/mol. The van der Waals surface area contributed by atoms with E-state index in [1.54, 1.807) is 6.07 Å². The minimum atomic E-state index is -1.22. The van der Waals surface area contributed by atoms with Crippen LogP contribution in [0.2, 0.25) is 0 Å². The molecule has 0 aromatic carbocycles. The van der Waals surface area contributed by atoms with Crippen molar-refractivity contribution in [1.29, 1.82) is 5.26 Å². The largest absolute Gasteiger partial charge is 0.375 e. The number of hydrogen-bond acceptors (Lipinski definition) is 2. The number of nitriles is 1. The summed E-state index contributed by atoms with van der Waals surface area (Å²) in [5.74, 6) is -1.22. The Morgan fingerprint density at radius 2 is 2.12 bits per heavy atom. The van der Waals surface area contributed by atoms with Crippen molar-refractivity contribution in [3.8, 4) is 6.07 Å². The maximum absolute atomic E-state index is 9.98. The van der Waals surface area contributed by atoms with Crippen LogP contribution < -0.4 is 0 Å². The van der Waals surface area contributed by atoms with E-state index in [1.807, 2.05) is 0 Å². The van der Waals surface area contributed by atoms with Crippen LogP contribution in [-0.4, -0.2) is 5.97 Å². The van der Waals surface area contributed by atoms with Gasteiger partial charge < -0.3 is 0 Å². The molecule has 1 aliphatic rings. The van der Waals surface area contributed by atoms with Crippen molar-refractivity contribution >= 4 is 5.97 Å². The van der Waals surface area contributed by atoms with E-state index in [0.717, 1.165) is 0 Å². The average Bonchev–Trinajstić information content (AvgIpc) is 2.44. The fourth-order valence-electron chi connectivity index (χ4n) is 0.487. The van der Waals surface area contributed by atoms with E-state index < -0.39 is 11.4 Å². The van der Waals surface area contributed by atoms with Crippen LogP contribution in [0.1, 0.15) is 12.8 Å². The Morgan fingerprint density at radius 1 is 1.62 bits per heavy atom. The highest BCUT2D eigenvalue weighted by Gasteiger charge is 2.52. The first-order valence-electron chi connectivity index (χ1n) is 2.34. The molecular formula is C5H4NO2. The normalized spacial score (nSPS) is 21.4. The predicted molar refractivity (Wildman–Crippen MR) is 23.0 cm³/mol. The summed E-state index contributed by atoms with van der Waals surface area (Å²) in [6, 6.07) is 1.69. The predicted octanol–water partition coefficient (Wildman–Crippen LogP) is 0.247. The third-order valence-electron chi connectivity index (χ3n) is 1.35. The fourth-order valence-corrected chi connectivity index (χ4v) is 0.487. The van der Waals surface area contributed by atoms with Crippen LogP contribution in [0, 0.1) is 16.7 Å². The van der Waals surface area contributed by atoms with Gasteiger partial charge in [-0.15, -0.1) is 0 Å². The van der Waals surface area contributed by atoms with Crippen LogP contribution in [0.3, 0.4) is 0 Å². The van der Waals surface area contributed by atoms with Gasteiger partial charge in [-0.1, -0.05) is 0 Å². The fraction of sp³-hybridized carbons (Fsp3) is 0.600. The topological polar surface area (TPSA) is 60.8 Å². The summed E-state index contributed by atoms with van der Waals surface area (Å²) in [5, 5.41) is 18.1.